The molecule has 27 heavy (non-hydrogen) atoms. The quantitative estimate of drug-likeness (QED) is 0.800. The van der Waals surface area contributed by atoms with Crippen LogP contribution in [0.3, 0.4) is 0 Å². The molecule has 0 aromatic heterocycles. The summed E-state index contributed by atoms with van der Waals surface area (Å²) in [6, 6.07) is 7.62. The third kappa shape index (κ3) is 5.31. The fourth-order valence-electron chi connectivity index (χ4n) is 3.32. The van der Waals surface area contributed by atoms with Crippen LogP contribution in [0.25, 0.3) is 0 Å². The van der Waals surface area contributed by atoms with Crippen molar-refractivity contribution in [3.8, 4) is 5.75 Å². The van der Waals surface area contributed by atoms with Crippen molar-refractivity contribution in [1.29, 1.82) is 0 Å². The average Bonchev–Trinajstić information content (AvgIpc) is 2.93. The summed E-state index contributed by atoms with van der Waals surface area (Å²) in [6.07, 6.45) is 1.84. The highest BCUT2D eigenvalue weighted by Gasteiger charge is 2.29. The van der Waals surface area contributed by atoms with Gasteiger partial charge in [-0.1, -0.05) is 0 Å². The van der Waals surface area contributed by atoms with Gasteiger partial charge in [-0.25, -0.2) is 4.79 Å². The number of anilines is 1. The van der Waals surface area contributed by atoms with Crippen molar-refractivity contribution in [2.24, 2.45) is 0 Å². The molecule has 148 valence electrons. The smallest absolute Gasteiger partial charge is 0.410 e. The largest absolute Gasteiger partial charge is 0.490 e. The maximum absolute atomic E-state index is 12.1. The molecule has 0 aliphatic carbocycles. The first-order valence-corrected chi connectivity index (χ1v) is 9.96. The Labute approximate surface area is 166 Å². The number of ether oxygens (including phenoxy) is 2. The van der Waals surface area contributed by atoms with Gasteiger partial charge in [0.2, 0.25) is 5.91 Å². The van der Waals surface area contributed by atoms with Crippen LogP contribution in [0.2, 0.25) is 0 Å². The zero-order valence-electron chi connectivity index (χ0n) is 16.2. The lowest BCUT2D eigenvalue weighted by Crippen LogP contribution is -2.44. The first kappa shape index (κ1) is 19.9. The van der Waals surface area contributed by atoms with E-state index in [4.69, 9.17) is 9.47 Å². The molecule has 1 aromatic rings. The van der Waals surface area contributed by atoms with Crippen LogP contribution in [-0.2, 0) is 9.53 Å². The van der Waals surface area contributed by atoms with Crippen molar-refractivity contribution >= 4 is 30.3 Å². The van der Waals surface area contributed by atoms with Gasteiger partial charge in [-0.2, -0.15) is 12.6 Å². The number of hydrogen-bond acceptors (Lipinski definition) is 5. The molecule has 0 spiro atoms. The number of rotatable bonds is 3. The van der Waals surface area contributed by atoms with E-state index in [-0.39, 0.29) is 23.4 Å². The molecule has 3 rings (SSSR count). The number of piperidine rings is 1. The first-order valence-electron chi connectivity index (χ1n) is 9.44. The number of nitrogens with zero attached hydrogens (tertiary/aromatic N) is 2. The van der Waals surface area contributed by atoms with Crippen LogP contribution in [-0.4, -0.2) is 53.5 Å². The molecule has 1 aromatic carbocycles. The molecule has 2 fully saturated rings. The van der Waals surface area contributed by atoms with Crippen molar-refractivity contribution in [2.75, 3.05) is 24.5 Å². The van der Waals surface area contributed by atoms with Crippen molar-refractivity contribution in [3.05, 3.63) is 24.3 Å². The Balaban J connectivity index is 1.49. The lowest BCUT2D eigenvalue weighted by molar-refractivity contribution is -0.117. The molecule has 0 radical (unpaired) electrons. The van der Waals surface area contributed by atoms with Crippen LogP contribution in [0.5, 0.6) is 5.75 Å². The van der Waals surface area contributed by atoms with Gasteiger partial charge in [-0.05, 0) is 45.0 Å². The number of thiol groups is 1. The van der Waals surface area contributed by atoms with E-state index in [9.17, 15) is 9.59 Å². The van der Waals surface area contributed by atoms with Gasteiger partial charge in [-0.15, -0.1) is 0 Å². The Bertz CT molecular complexity index is 678. The predicted octanol–water partition coefficient (Wildman–Crippen LogP) is 3.50. The van der Waals surface area contributed by atoms with E-state index in [0.29, 0.717) is 26.1 Å². The summed E-state index contributed by atoms with van der Waals surface area (Å²) < 4.78 is 11.5. The van der Waals surface area contributed by atoms with E-state index in [0.717, 1.165) is 24.3 Å². The van der Waals surface area contributed by atoms with Gasteiger partial charge >= 0.3 is 6.09 Å². The third-order valence-electron chi connectivity index (χ3n) is 4.65. The molecular formula is C20H28N2O4S. The van der Waals surface area contributed by atoms with Crippen molar-refractivity contribution in [2.45, 2.75) is 57.0 Å². The fourth-order valence-corrected chi connectivity index (χ4v) is 3.64. The van der Waals surface area contributed by atoms with E-state index >= 15 is 0 Å². The highest BCUT2D eigenvalue weighted by atomic mass is 32.1. The molecule has 6 nitrogen and oxygen atoms in total. The Hall–Kier alpha value is -1.89. The Morgan fingerprint density at radius 2 is 1.78 bits per heavy atom. The maximum atomic E-state index is 12.1. The number of hydrogen-bond donors (Lipinski definition) is 1. The molecule has 2 heterocycles. The molecule has 2 aliphatic rings. The summed E-state index contributed by atoms with van der Waals surface area (Å²) in [6.45, 7) is 7.52. The molecule has 0 bridgehead atoms. The molecule has 7 heteroatoms. The normalized spacial score (nSPS) is 21.5. The maximum Gasteiger partial charge on any atom is 0.410 e. The van der Waals surface area contributed by atoms with Gasteiger partial charge in [0.15, 0.2) is 0 Å². The van der Waals surface area contributed by atoms with Crippen LogP contribution in [0, 0.1) is 0 Å². The minimum Gasteiger partial charge on any atom is -0.490 e. The van der Waals surface area contributed by atoms with Gasteiger partial charge in [0, 0.05) is 49.8 Å². The predicted molar refractivity (Wildman–Crippen MR) is 108 cm³/mol. The summed E-state index contributed by atoms with van der Waals surface area (Å²) in [5.41, 5.74) is 0.402. The Morgan fingerprint density at radius 3 is 2.30 bits per heavy atom. The third-order valence-corrected chi connectivity index (χ3v) is 5.00. The highest BCUT2D eigenvalue weighted by Crippen LogP contribution is 2.27. The molecule has 0 N–H and O–H groups in total. The van der Waals surface area contributed by atoms with Crippen molar-refractivity contribution in [1.82, 2.24) is 4.90 Å². The number of carbonyl (C=O) groups excluding carboxylic acids is 2. The molecular weight excluding hydrogens is 364 g/mol. The summed E-state index contributed by atoms with van der Waals surface area (Å²) >= 11 is 4.39. The van der Waals surface area contributed by atoms with Crippen molar-refractivity contribution < 1.29 is 19.1 Å². The second-order valence-corrected chi connectivity index (χ2v) is 8.87. The standard InChI is InChI=1S/C20H28N2O4S/c1-20(2,3)26-19(24)21-10-8-16(9-11-21)25-15-6-4-14(5-7-15)22-13-17(27)12-18(22)23/h4-7,16-17,27H,8-13H2,1-3H3. The monoisotopic (exact) mass is 392 g/mol. The number of benzene rings is 1. The van der Waals surface area contributed by atoms with Crippen LogP contribution in [0.1, 0.15) is 40.0 Å². The topological polar surface area (TPSA) is 59.1 Å². The molecule has 2 aliphatic heterocycles. The minimum atomic E-state index is -0.476. The van der Waals surface area contributed by atoms with Gasteiger partial charge in [0.05, 0.1) is 0 Å². The summed E-state index contributed by atoms with van der Waals surface area (Å²) in [4.78, 5) is 27.6. The van der Waals surface area contributed by atoms with Gasteiger partial charge < -0.3 is 19.3 Å². The van der Waals surface area contributed by atoms with Gasteiger partial charge in [0.25, 0.3) is 0 Å². The zero-order valence-corrected chi connectivity index (χ0v) is 17.1. The molecule has 1 unspecified atom stereocenters. The number of likely N-dealkylation sites (tertiary alicyclic amines) is 1. The lowest BCUT2D eigenvalue weighted by atomic mass is 10.1. The van der Waals surface area contributed by atoms with E-state index in [2.05, 4.69) is 12.6 Å². The zero-order chi connectivity index (χ0) is 19.6. The highest BCUT2D eigenvalue weighted by molar-refractivity contribution is 7.81. The minimum absolute atomic E-state index is 0.0739. The van der Waals surface area contributed by atoms with E-state index in [1.165, 1.54) is 0 Å². The van der Waals surface area contributed by atoms with Crippen LogP contribution in [0.15, 0.2) is 24.3 Å². The Morgan fingerprint density at radius 1 is 1.15 bits per heavy atom. The molecule has 2 amide bonds. The Kier molecular flexibility index (Phi) is 5.89. The van der Waals surface area contributed by atoms with Crippen molar-refractivity contribution in [3.63, 3.8) is 0 Å². The second kappa shape index (κ2) is 8.00. The lowest BCUT2D eigenvalue weighted by Gasteiger charge is -2.33. The van der Waals surface area contributed by atoms with Crippen LogP contribution < -0.4 is 9.64 Å². The van der Waals surface area contributed by atoms with Crippen LogP contribution in [0.4, 0.5) is 10.5 Å². The molecule has 0 saturated carbocycles. The number of amides is 2. The average molecular weight is 393 g/mol. The summed E-state index contributed by atoms with van der Waals surface area (Å²) in [5, 5.41) is 0.101. The van der Waals surface area contributed by atoms with Crippen LogP contribution >= 0.6 is 12.6 Å². The SMILES string of the molecule is CC(C)(C)OC(=O)N1CCC(Oc2ccc(N3CC(S)CC3=O)cc2)CC1. The molecule has 2 saturated heterocycles. The fraction of sp³-hybridized carbons (Fsp3) is 0.600. The van der Waals surface area contributed by atoms with E-state index < -0.39 is 5.60 Å². The van der Waals surface area contributed by atoms with E-state index in [1.807, 2.05) is 45.0 Å². The number of carbonyl (C=O) groups is 2. The second-order valence-electron chi connectivity index (χ2n) is 8.14. The molecule has 1 atom stereocenters. The summed E-state index contributed by atoms with van der Waals surface area (Å²) in [5.74, 6) is 0.890. The van der Waals surface area contributed by atoms with E-state index in [1.54, 1.807) is 9.80 Å². The van der Waals surface area contributed by atoms with Gasteiger partial charge in [-0.3, -0.25) is 4.79 Å². The van der Waals surface area contributed by atoms with Gasteiger partial charge in [0.1, 0.15) is 17.5 Å². The summed E-state index contributed by atoms with van der Waals surface area (Å²) in [7, 11) is 0. The first-order chi connectivity index (χ1) is 12.7.